The molecule has 1 amide bonds. The maximum Gasteiger partial charge on any atom is 0.257 e. The van der Waals surface area contributed by atoms with Crippen molar-refractivity contribution in [1.29, 1.82) is 0 Å². The maximum absolute atomic E-state index is 13.0. The largest absolute Gasteiger partial charge is 0.336 e. The van der Waals surface area contributed by atoms with Crippen molar-refractivity contribution in [2.24, 2.45) is 0 Å². The molecule has 1 atom stereocenters. The zero-order valence-electron chi connectivity index (χ0n) is 13.3. The molecule has 0 radical (unpaired) electrons. The molecule has 1 aliphatic rings. The number of carbonyl (C=O) groups is 1. The molecule has 1 fully saturated rings. The van der Waals surface area contributed by atoms with Crippen LogP contribution >= 0.6 is 0 Å². The van der Waals surface area contributed by atoms with E-state index in [0.29, 0.717) is 12.1 Å². The molecule has 4 rings (SSSR count). The van der Waals surface area contributed by atoms with E-state index in [4.69, 9.17) is 0 Å². The Kier molecular flexibility index (Phi) is 3.86. The highest BCUT2D eigenvalue weighted by Crippen LogP contribution is 2.26. The van der Waals surface area contributed by atoms with E-state index in [9.17, 15) is 4.79 Å². The maximum atomic E-state index is 13.0. The number of carbonyl (C=O) groups excluding carboxylic acids is 1. The van der Waals surface area contributed by atoms with Crippen LogP contribution in [-0.4, -0.2) is 43.6 Å². The second-order valence-corrected chi connectivity index (χ2v) is 6.08. The van der Waals surface area contributed by atoms with Crippen LogP contribution in [0.15, 0.2) is 55.2 Å². The van der Waals surface area contributed by atoms with Crippen molar-refractivity contribution in [2.75, 3.05) is 13.1 Å². The third kappa shape index (κ3) is 2.71. The lowest BCUT2D eigenvalue weighted by molar-refractivity contribution is 0.0680. The van der Waals surface area contributed by atoms with Crippen molar-refractivity contribution in [1.82, 2.24) is 24.6 Å². The van der Waals surface area contributed by atoms with E-state index in [0.717, 1.165) is 30.6 Å². The first-order chi connectivity index (χ1) is 11.8. The van der Waals surface area contributed by atoms with Crippen molar-refractivity contribution >= 4 is 5.91 Å². The van der Waals surface area contributed by atoms with Crippen LogP contribution in [0.4, 0.5) is 0 Å². The average molecular weight is 321 g/mol. The van der Waals surface area contributed by atoms with Gasteiger partial charge in [0.1, 0.15) is 0 Å². The van der Waals surface area contributed by atoms with Gasteiger partial charge >= 0.3 is 0 Å². The van der Waals surface area contributed by atoms with Gasteiger partial charge in [-0.3, -0.25) is 9.89 Å². The Balaban J connectivity index is 1.57. The molecule has 1 saturated heterocycles. The number of nitrogens with zero attached hydrogens (tertiary/aromatic N) is 4. The molecule has 0 bridgehead atoms. The van der Waals surface area contributed by atoms with Gasteiger partial charge in [0, 0.05) is 31.0 Å². The second-order valence-electron chi connectivity index (χ2n) is 6.08. The first-order valence-electron chi connectivity index (χ1n) is 8.18. The predicted octanol–water partition coefficient (Wildman–Crippen LogP) is 2.75. The summed E-state index contributed by atoms with van der Waals surface area (Å²) in [6, 6.07) is 10.1. The molecule has 0 spiro atoms. The Bertz CT molecular complexity index is 809. The third-order valence-corrected chi connectivity index (χ3v) is 4.56. The summed E-state index contributed by atoms with van der Waals surface area (Å²) in [5.41, 5.74) is 2.39. The van der Waals surface area contributed by atoms with Gasteiger partial charge in [0.15, 0.2) is 0 Å². The van der Waals surface area contributed by atoms with E-state index in [1.54, 1.807) is 12.4 Å². The highest BCUT2D eigenvalue weighted by atomic mass is 16.2. The van der Waals surface area contributed by atoms with Gasteiger partial charge in [-0.25, -0.2) is 4.98 Å². The van der Waals surface area contributed by atoms with Gasteiger partial charge in [-0.05, 0) is 12.8 Å². The van der Waals surface area contributed by atoms with Crippen molar-refractivity contribution in [3.63, 3.8) is 0 Å². The first kappa shape index (κ1) is 14.7. The predicted molar refractivity (Wildman–Crippen MR) is 90.4 cm³/mol. The zero-order valence-corrected chi connectivity index (χ0v) is 13.3. The molecule has 6 nitrogen and oxygen atoms in total. The number of hydrogen-bond donors (Lipinski definition) is 1. The van der Waals surface area contributed by atoms with E-state index in [2.05, 4.69) is 19.7 Å². The summed E-state index contributed by atoms with van der Waals surface area (Å²) < 4.78 is 2.09. The van der Waals surface area contributed by atoms with Crippen molar-refractivity contribution < 1.29 is 4.79 Å². The Hall–Kier alpha value is -2.89. The van der Waals surface area contributed by atoms with E-state index >= 15 is 0 Å². The number of benzene rings is 1. The minimum atomic E-state index is 0.0346. The molecule has 24 heavy (non-hydrogen) atoms. The Morgan fingerprint density at radius 3 is 2.92 bits per heavy atom. The summed E-state index contributed by atoms with van der Waals surface area (Å²) in [6.07, 6.45) is 9.26. The Labute approximate surface area is 140 Å². The number of aromatic amines is 1. The number of imidazole rings is 1. The van der Waals surface area contributed by atoms with Crippen LogP contribution in [0.5, 0.6) is 0 Å². The van der Waals surface area contributed by atoms with Gasteiger partial charge in [0.2, 0.25) is 0 Å². The van der Waals surface area contributed by atoms with E-state index in [1.165, 1.54) is 0 Å². The quantitative estimate of drug-likeness (QED) is 0.806. The number of likely N-dealkylation sites (tertiary alicyclic amines) is 1. The summed E-state index contributed by atoms with van der Waals surface area (Å²) in [4.78, 5) is 19.0. The summed E-state index contributed by atoms with van der Waals surface area (Å²) >= 11 is 0. The molecular formula is C18H19N5O. The summed E-state index contributed by atoms with van der Waals surface area (Å²) in [7, 11) is 0. The molecule has 1 aliphatic heterocycles. The third-order valence-electron chi connectivity index (χ3n) is 4.56. The van der Waals surface area contributed by atoms with Crippen LogP contribution in [0.2, 0.25) is 0 Å². The molecule has 3 heterocycles. The Morgan fingerprint density at radius 2 is 2.12 bits per heavy atom. The SMILES string of the molecule is O=C(c1cn[nH]c1-c1ccccc1)N1CCC[C@H](n2ccnc2)C1. The van der Waals surface area contributed by atoms with E-state index in [1.807, 2.05) is 47.8 Å². The normalized spacial score (nSPS) is 17.8. The Morgan fingerprint density at radius 1 is 1.25 bits per heavy atom. The van der Waals surface area contributed by atoms with Crippen LogP contribution in [0, 0.1) is 0 Å². The number of amides is 1. The minimum absolute atomic E-state index is 0.0346. The van der Waals surface area contributed by atoms with Crippen molar-refractivity contribution in [3.05, 3.63) is 60.8 Å². The number of rotatable bonds is 3. The molecule has 3 aromatic rings. The van der Waals surface area contributed by atoms with Gasteiger partial charge in [0.25, 0.3) is 5.91 Å². The topological polar surface area (TPSA) is 66.8 Å². The van der Waals surface area contributed by atoms with Gasteiger partial charge in [-0.15, -0.1) is 0 Å². The molecule has 1 aromatic carbocycles. The summed E-state index contributed by atoms with van der Waals surface area (Å²) in [5, 5.41) is 7.06. The number of hydrogen-bond acceptors (Lipinski definition) is 3. The number of nitrogens with one attached hydrogen (secondary N) is 1. The first-order valence-corrected chi connectivity index (χ1v) is 8.18. The van der Waals surface area contributed by atoms with Gasteiger partial charge in [0.05, 0.1) is 29.8 Å². The molecule has 0 saturated carbocycles. The van der Waals surface area contributed by atoms with Crippen LogP contribution in [0.3, 0.4) is 0 Å². The smallest absolute Gasteiger partial charge is 0.257 e. The molecule has 6 heteroatoms. The highest BCUT2D eigenvalue weighted by Gasteiger charge is 2.27. The monoisotopic (exact) mass is 321 g/mol. The lowest BCUT2D eigenvalue weighted by atomic mass is 10.0. The van der Waals surface area contributed by atoms with Gasteiger partial charge < -0.3 is 9.47 Å². The van der Waals surface area contributed by atoms with Crippen molar-refractivity contribution in [2.45, 2.75) is 18.9 Å². The van der Waals surface area contributed by atoms with Crippen LogP contribution in [0.1, 0.15) is 29.2 Å². The van der Waals surface area contributed by atoms with Gasteiger partial charge in [-0.2, -0.15) is 5.10 Å². The lowest BCUT2D eigenvalue weighted by Crippen LogP contribution is -2.40. The lowest BCUT2D eigenvalue weighted by Gasteiger charge is -2.33. The highest BCUT2D eigenvalue weighted by molar-refractivity contribution is 5.99. The summed E-state index contributed by atoms with van der Waals surface area (Å²) in [6.45, 7) is 1.48. The zero-order chi connectivity index (χ0) is 16.4. The number of H-pyrrole nitrogens is 1. The molecule has 0 unspecified atom stereocenters. The number of piperidine rings is 1. The molecule has 122 valence electrons. The second kappa shape index (κ2) is 6.31. The average Bonchev–Trinajstić information content (AvgIpc) is 3.34. The van der Waals surface area contributed by atoms with Crippen LogP contribution < -0.4 is 0 Å². The minimum Gasteiger partial charge on any atom is -0.336 e. The van der Waals surface area contributed by atoms with Crippen LogP contribution in [0.25, 0.3) is 11.3 Å². The molecular weight excluding hydrogens is 302 g/mol. The fourth-order valence-electron chi connectivity index (χ4n) is 3.31. The molecule has 2 aromatic heterocycles. The molecule has 1 N–H and O–H groups in total. The standard InChI is InChI=1S/C18H19N5O/c24-18(16-11-20-21-17(16)14-5-2-1-3-6-14)22-9-4-7-15(12-22)23-10-8-19-13-23/h1-3,5-6,8,10-11,13,15H,4,7,9,12H2,(H,20,21)/t15-/m0/s1. The fraction of sp³-hybridized carbons (Fsp3) is 0.278. The van der Waals surface area contributed by atoms with Crippen LogP contribution in [-0.2, 0) is 0 Å². The fourth-order valence-corrected chi connectivity index (χ4v) is 3.31. The molecule has 0 aliphatic carbocycles. The summed E-state index contributed by atoms with van der Waals surface area (Å²) in [5.74, 6) is 0.0346. The van der Waals surface area contributed by atoms with Crippen molar-refractivity contribution in [3.8, 4) is 11.3 Å². The number of aromatic nitrogens is 4. The van der Waals surface area contributed by atoms with Gasteiger partial charge in [-0.1, -0.05) is 30.3 Å². The van der Waals surface area contributed by atoms with E-state index in [-0.39, 0.29) is 11.9 Å². The van der Waals surface area contributed by atoms with E-state index < -0.39 is 0 Å².